The average Bonchev–Trinajstić information content (AvgIpc) is 3.53. The SMILES string of the molecule is CCCC[C@@H]1C[C@@]1(COCc1ccccc1)N(Cc1ccccc1)Cc1ccccc1. The lowest BCUT2D eigenvalue weighted by molar-refractivity contribution is 0.0208. The maximum Gasteiger partial charge on any atom is 0.0717 e. The zero-order valence-corrected chi connectivity index (χ0v) is 18.7. The second-order valence-electron chi connectivity index (χ2n) is 8.95. The van der Waals surface area contributed by atoms with Crippen LogP contribution in [0.3, 0.4) is 0 Å². The Morgan fingerprint density at radius 1 is 0.774 bits per heavy atom. The normalized spacial score (nSPS) is 20.1. The summed E-state index contributed by atoms with van der Waals surface area (Å²) >= 11 is 0. The highest BCUT2D eigenvalue weighted by Crippen LogP contribution is 2.52. The van der Waals surface area contributed by atoms with Crippen molar-refractivity contribution in [2.45, 2.75) is 57.8 Å². The van der Waals surface area contributed by atoms with Gasteiger partial charge in [-0.25, -0.2) is 0 Å². The molecule has 0 bridgehead atoms. The number of unbranched alkanes of at least 4 members (excludes halogenated alkanes) is 1. The second-order valence-corrected chi connectivity index (χ2v) is 8.95. The van der Waals surface area contributed by atoms with E-state index in [4.69, 9.17) is 4.74 Å². The van der Waals surface area contributed by atoms with Crippen LogP contribution in [0.15, 0.2) is 91.0 Å². The molecule has 0 radical (unpaired) electrons. The Kier molecular flexibility index (Phi) is 7.56. The van der Waals surface area contributed by atoms with Gasteiger partial charge in [0, 0.05) is 18.6 Å². The largest absolute Gasteiger partial charge is 0.375 e. The fourth-order valence-electron chi connectivity index (χ4n) is 4.74. The van der Waals surface area contributed by atoms with Gasteiger partial charge in [0.05, 0.1) is 13.2 Å². The molecule has 3 aromatic carbocycles. The average molecular weight is 414 g/mol. The summed E-state index contributed by atoms with van der Waals surface area (Å²) in [5, 5.41) is 0. The van der Waals surface area contributed by atoms with E-state index < -0.39 is 0 Å². The van der Waals surface area contributed by atoms with Crippen molar-refractivity contribution in [2.75, 3.05) is 6.61 Å². The molecule has 0 N–H and O–H groups in total. The molecule has 0 aromatic heterocycles. The van der Waals surface area contributed by atoms with Crippen LogP contribution < -0.4 is 0 Å². The van der Waals surface area contributed by atoms with Gasteiger partial charge in [-0.15, -0.1) is 0 Å². The van der Waals surface area contributed by atoms with Gasteiger partial charge < -0.3 is 4.74 Å². The highest BCUT2D eigenvalue weighted by atomic mass is 16.5. The van der Waals surface area contributed by atoms with E-state index in [0.29, 0.717) is 6.61 Å². The molecule has 2 nitrogen and oxygen atoms in total. The Bertz CT molecular complexity index is 854. The van der Waals surface area contributed by atoms with Crippen LogP contribution >= 0.6 is 0 Å². The zero-order valence-electron chi connectivity index (χ0n) is 18.7. The first-order chi connectivity index (χ1) is 15.3. The van der Waals surface area contributed by atoms with E-state index in [1.807, 2.05) is 0 Å². The lowest BCUT2D eigenvalue weighted by Gasteiger charge is -2.34. The molecule has 0 amide bonds. The molecule has 4 rings (SSSR count). The van der Waals surface area contributed by atoms with Crippen molar-refractivity contribution in [3.8, 4) is 0 Å². The summed E-state index contributed by atoms with van der Waals surface area (Å²) in [4.78, 5) is 2.70. The Morgan fingerprint density at radius 3 is 1.81 bits per heavy atom. The maximum atomic E-state index is 6.37. The molecule has 1 fully saturated rings. The molecule has 0 spiro atoms. The van der Waals surface area contributed by atoms with E-state index in [1.165, 1.54) is 42.4 Å². The topological polar surface area (TPSA) is 12.5 Å². The Hall–Kier alpha value is -2.42. The summed E-state index contributed by atoms with van der Waals surface area (Å²) in [6, 6.07) is 32.3. The smallest absolute Gasteiger partial charge is 0.0717 e. The van der Waals surface area contributed by atoms with Crippen molar-refractivity contribution in [1.82, 2.24) is 4.90 Å². The number of ether oxygens (including phenoxy) is 1. The molecule has 0 heterocycles. The summed E-state index contributed by atoms with van der Waals surface area (Å²) in [5.41, 5.74) is 4.14. The summed E-state index contributed by atoms with van der Waals surface area (Å²) < 4.78 is 6.37. The van der Waals surface area contributed by atoms with Crippen LogP contribution in [0.25, 0.3) is 0 Å². The van der Waals surface area contributed by atoms with Gasteiger partial charge in [0.25, 0.3) is 0 Å². The molecule has 0 saturated heterocycles. The fourth-order valence-corrected chi connectivity index (χ4v) is 4.74. The van der Waals surface area contributed by atoms with Gasteiger partial charge in [-0.1, -0.05) is 111 Å². The molecule has 0 unspecified atom stereocenters. The van der Waals surface area contributed by atoms with Crippen molar-refractivity contribution < 1.29 is 4.74 Å². The Morgan fingerprint density at radius 2 is 1.29 bits per heavy atom. The highest BCUT2D eigenvalue weighted by Gasteiger charge is 2.57. The molecule has 31 heavy (non-hydrogen) atoms. The van der Waals surface area contributed by atoms with Crippen LogP contribution in [0, 0.1) is 5.92 Å². The van der Waals surface area contributed by atoms with Crippen LogP contribution in [0.4, 0.5) is 0 Å². The summed E-state index contributed by atoms with van der Waals surface area (Å²) in [7, 11) is 0. The molecule has 2 atom stereocenters. The first-order valence-electron chi connectivity index (χ1n) is 11.7. The number of nitrogens with zero attached hydrogens (tertiary/aromatic N) is 1. The molecular formula is C29H35NO. The van der Waals surface area contributed by atoms with E-state index in [-0.39, 0.29) is 5.54 Å². The van der Waals surface area contributed by atoms with Crippen LogP contribution in [0.2, 0.25) is 0 Å². The van der Waals surface area contributed by atoms with Crippen molar-refractivity contribution in [2.24, 2.45) is 5.92 Å². The van der Waals surface area contributed by atoms with Crippen LogP contribution in [0.5, 0.6) is 0 Å². The number of hydrogen-bond donors (Lipinski definition) is 0. The predicted octanol–water partition coefficient (Wildman–Crippen LogP) is 6.85. The quantitative estimate of drug-likeness (QED) is 0.322. The third kappa shape index (κ3) is 5.84. The van der Waals surface area contributed by atoms with Gasteiger partial charge >= 0.3 is 0 Å². The van der Waals surface area contributed by atoms with Gasteiger partial charge in [-0.3, -0.25) is 4.90 Å². The molecule has 162 valence electrons. The summed E-state index contributed by atoms with van der Waals surface area (Å²) in [6.45, 7) is 5.71. The van der Waals surface area contributed by atoms with E-state index in [9.17, 15) is 0 Å². The lowest BCUT2D eigenvalue weighted by atomic mass is 10.0. The van der Waals surface area contributed by atoms with Crippen LogP contribution in [-0.2, 0) is 24.4 Å². The van der Waals surface area contributed by atoms with Crippen molar-refractivity contribution in [1.29, 1.82) is 0 Å². The number of rotatable bonds is 12. The predicted molar refractivity (Wildman–Crippen MR) is 129 cm³/mol. The van der Waals surface area contributed by atoms with Gasteiger partial charge in [-0.2, -0.15) is 0 Å². The maximum absolute atomic E-state index is 6.37. The zero-order chi connectivity index (χ0) is 21.4. The van der Waals surface area contributed by atoms with Crippen LogP contribution in [0.1, 0.15) is 49.3 Å². The van der Waals surface area contributed by atoms with E-state index >= 15 is 0 Å². The monoisotopic (exact) mass is 413 g/mol. The van der Waals surface area contributed by atoms with Crippen LogP contribution in [-0.4, -0.2) is 17.0 Å². The standard InChI is InChI=1S/C29H35NO/c1-2-3-19-28-20-29(28,24-31-23-27-17-11-6-12-18-27)30(21-25-13-7-4-8-14-25)22-26-15-9-5-10-16-26/h4-18,28H,2-3,19-24H2,1H3/t28-,29+/m1/s1. The fraction of sp³-hybridized carbons (Fsp3) is 0.379. The van der Waals surface area contributed by atoms with Crippen molar-refractivity contribution in [3.63, 3.8) is 0 Å². The number of benzene rings is 3. The molecule has 1 saturated carbocycles. The van der Waals surface area contributed by atoms with Gasteiger partial charge in [0.15, 0.2) is 0 Å². The van der Waals surface area contributed by atoms with E-state index in [2.05, 4.69) is 103 Å². The summed E-state index contributed by atoms with van der Waals surface area (Å²) in [5.74, 6) is 0.718. The third-order valence-electron chi connectivity index (χ3n) is 6.63. The third-order valence-corrected chi connectivity index (χ3v) is 6.63. The Labute approximate surface area is 187 Å². The second kappa shape index (κ2) is 10.7. The molecule has 3 aromatic rings. The highest BCUT2D eigenvalue weighted by molar-refractivity contribution is 5.21. The van der Waals surface area contributed by atoms with Gasteiger partial charge in [-0.05, 0) is 35.4 Å². The molecule has 2 heteroatoms. The molecule has 0 aliphatic heterocycles. The van der Waals surface area contributed by atoms with Gasteiger partial charge in [0.2, 0.25) is 0 Å². The van der Waals surface area contributed by atoms with Gasteiger partial charge in [0.1, 0.15) is 0 Å². The molecular weight excluding hydrogens is 378 g/mol. The molecule has 1 aliphatic rings. The van der Waals surface area contributed by atoms with Crippen molar-refractivity contribution >= 4 is 0 Å². The van der Waals surface area contributed by atoms with E-state index in [1.54, 1.807) is 0 Å². The minimum Gasteiger partial charge on any atom is -0.375 e. The first-order valence-corrected chi connectivity index (χ1v) is 11.7. The minimum absolute atomic E-state index is 0.135. The van der Waals surface area contributed by atoms with E-state index in [0.717, 1.165) is 25.6 Å². The first kappa shape index (κ1) is 21.8. The molecule has 1 aliphatic carbocycles. The lowest BCUT2D eigenvalue weighted by Crippen LogP contribution is -2.42. The summed E-state index contributed by atoms with van der Waals surface area (Å²) in [6.07, 6.45) is 5.09. The van der Waals surface area contributed by atoms with Crippen molar-refractivity contribution in [3.05, 3.63) is 108 Å². The number of hydrogen-bond acceptors (Lipinski definition) is 2. The minimum atomic E-state index is 0.135. The Balaban J connectivity index is 1.53.